The number of carbonyl (C=O) groups is 2. The summed E-state index contributed by atoms with van der Waals surface area (Å²) in [5.41, 5.74) is 5.34. The minimum Gasteiger partial charge on any atom is -0.447 e. The summed E-state index contributed by atoms with van der Waals surface area (Å²) in [5, 5.41) is 0. The van der Waals surface area contributed by atoms with E-state index in [0.717, 1.165) is 70.7 Å². The number of likely N-dealkylation sites (tertiary alicyclic amines) is 2. The molecule has 0 unspecified atom stereocenters. The highest BCUT2D eigenvalue weighted by atomic mass is 16.6. The number of aromatic amines is 2. The van der Waals surface area contributed by atoms with Gasteiger partial charge >= 0.3 is 12.2 Å². The van der Waals surface area contributed by atoms with Gasteiger partial charge in [-0.1, -0.05) is 42.5 Å². The first-order valence-corrected chi connectivity index (χ1v) is 15.8. The predicted octanol–water partition coefficient (Wildman–Crippen LogP) is 7.88. The van der Waals surface area contributed by atoms with Gasteiger partial charge in [0.1, 0.15) is 17.2 Å². The van der Waals surface area contributed by atoms with Crippen LogP contribution in [0.4, 0.5) is 9.59 Å². The average molecular weight is 611 g/mol. The zero-order chi connectivity index (χ0) is 31.7. The van der Waals surface area contributed by atoms with Crippen LogP contribution in [0.3, 0.4) is 0 Å². The van der Waals surface area contributed by atoms with Crippen molar-refractivity contribution in [2.75, 3.05) is 13.1 Å². The maximum atomic E-state index is 12.7. The quantitative estimate of drug-likeness (QED) is 0.215. The van der Waals surface area contributed by atoms with Crippen LogP contribution < -0.4 is 0 Å². The molecule has 2 aromatic heterocycles. The van der Waals surface area contributed by atoms with Crippen molar-refractivity contribution < 1.29 is 19.1 Å². The lowest BCUT2D eigenvalue weighted by Gasteiger charge is -2.27. The molecule has 45 heavy (non-hydrogen) atoms. The van der Waals surface area contributed by atoms with Crippen molar-refractivity contribution in [1.82, 2.24) is 29.7 Å². The summed E-state index contributed by atoms with van der Waals surface area (Å²) in [6, 6.07) is 14.2. The number of hydrogen-bond donors (Lipinski definition) is 2. The molecule has 2 fully saturated rings. The van der Waals surface area contributed by atoms with Crippen LogP contribution in [-0.4, -0.2) is 66.7 Å². The summed E-state index contributed by atoms with van der Waals surface area (Å²) < 4.78 is 11.1. The molecule has 0 radical (unpaired) electrons. The van der Waals surface area contributed by atoms with Crippen molar-refractivity contribution in [2.45, 2.75) is 84.1 Å². The number of rotatable bonds is 6. The first kappa shape index (κ1) is 30.4. The summed E-state index contributed by atoms with van der Waals surface area (Å²) in [5.74, 6) is 1.58. The first-order chi connectivity index (χ1) is 21.5. The van der Waals surface area contributed by atoms with Gasteiger partial charge in [0.05, 0.1) is 41.1 Å². The zero-order valence-corrected chi connectivity index (χ0v) is 26.7. The number of hydrogen-bond acceptors (Lipinski definition) is 6. The molecule has 10 heteroatoms. The van der Waals surface area contributed by atoms with Gasteiger partial charge < -0.3 is 19.4 Å². The van der Waals surface area contributed by atoms with Crippen LogP contribution in [0.25, 0.3) is 34.4 Å². The highest BCUT2D eigenvalue weighted by Gasteiger charge is 2.35. The number of amides is 2. The molecule has 2 aromatic carbocycles. The molecule has 2 N–H and O–H groups in total. The van der Waals surface area contributed by atoms with Crippen molar-refractivity contribution in [3.8, 4) is 11.3 Å². The summed E-state index contributed by atoms with van der Waals surface area (Å²) in [6.07, 6.45) is 8.82. The van der Waals surface area contributed by atoms with Gasteiger partial charge in [0.15, 0.2) is 0 Å². The zero-order valence-electron chi connectivity index (χ0n) is 26.7. The van der Waals surface area contributed by atoms with Crippen LogP contribution in [0.15, 0.2) is 48.7 Å². The first-order valence-electron chi connectivity index (χ1n) is 15.8. The summed E-state index contributed by atoms with van der Waals surface area (Å²) in [4.78, 5) is 45.2. The Hall–Kier alpha value is -4.60. The monoisotopic (exact) mass is 610 g/mol. The number of carbonyl (C=O) groups excluding carboxylic acids is 2. The molecule has 2 saturated heterocycles. The fourth-order valence-electron chi connectivity index (χ4n) is 6.06. The van der Waals surface area contributed by atoms with Crippen LogP contribution in [0.2, 0.25) is 0 Å². The highest BCUT2D eigenvalue weighted by molar-refractivity contribution is 5.81. The number of nitrogens with one attached hydrogen (secondary N) is 2. The van der Waals surface area contributed by atoms with Gasteiger partial charge in [-0.2, -0.15) is 0 Å². The van der Waals surface area contributed by atoms with Crippen LogP contribution in [0.1, 0.15) is 95.2 Å². The topological polar surface area (TPSA) is 116 Å². The Morgan fingerprint density at radius 2 is 1.53 bits per heavy atom. The molecule has 2 atom stereocenters. The summed E-state index contributed by atoms with van der Waals surface area (Å²) in [7, 11) is 0. The smallest absolute Gasteiger partial charge is 0.410 e. The second kappa shape index (κ2) is 12.4. The Labute approximate surface area is 263 Å². The Bertz CT molecular complexity index is 1700. The van der Waals surface area contributed by atoms with E-state index in [1.54, 1.807) is 9.80 Å². The SMILES string of the molecule is CC(C)OC(=O)N1CCC[C@H]1c1nc2ccc(/C=C/c3ccc(-c4cnc([C@@H]5CCCN5C(=O)OC(C)(C)C)[nH]4)cc3)cc2[nH]1. The Morgan fingerprint density at radius 1 is 0.889 bits per heavy atom. The number of benzene rings is 2. The number of ether oxygens (including phenoxy) is 2. The summed E-state index contributed by atoms with van der Waals surface area (Å²) >= 11 is 0. The van der Waals surface area contributed by atoms with Crippen molar-refractivity contribution in [2.24, 2.45) is 0 Å². The number of aromatic nitrogens is 4. The Balaban J connectivity index is 1.11. The standard InChI is InChI=1S/C35H42N6O4/c1-22(2)44-33(42)40-18-7-9-30(40)32-37-26-17-14-24(20-27(26)38-32)11-10-23-12-15-25(16-13-23)28-21-36-31(39-28)29-8-6-19-41(29)34(43)45-35(3,4)5/h10-17,20-22,29-30H,6-9,18-19H2,1-5H3,(H,36,39)(H,37,38)/b11-10+/t29-,30-/m0/s1. The third-order valence-electron chi connectivity index (χ3n) is 8.15. The molecule has 0 spiro atoms. The Morgan fingerprint density at radius 3 is 2.22 bits per heavy atom. The normalized spacial score (nSPS) is 18.9. The second-order valence-corrected chi connectivity index (χ2v) is 13.2. The number of imidazole rings is 2. The lowest BCUT2D eigenvalue weighted by molar-refractivity contribution is 0.0218. The van der Waals surface area contributed by atoms with E-state index >= 15 is 0 Å². The van der Waals surface area contributed by atoms with Gasteiger partial charge in [0.2, 0.25) is 0 Å². The van der Waals surface area contributed by atoms with Gasteiger partial charge in [-0.05, 0) is 89.1 Å². The molecule has 2 aliphatic heterocycles. The van der Waals surface area contributed by atoms with E-state index in [9.17, 15) is 9.59 Å². The molecule has 0 saturated carbocycles. The maximum Gasteiger partial charge on any atom is 0.410 e. The van der Waals surface area contributed by atoms with Gasteiger partial charge in [-0.3, -0.25) is 9.80 Å². The third kappa shape index (κ3) is 6.90. The van der Waals surface area contributed by atoms with Crippen LogP contribution in [0, 0.1) is 0 Å². The van der Waals surface area contributed by atoms with E-state index in [1.807, 2.05) is 52.9 Å². The minimum absolute atomic E-state index is 0.103. The summed E-state index contributed by atoms with van der Waals surface area (Å²) in [6.45, 7) is 10.7. The number of H-pyrrole nitrogens is 2. The molecular formula is C35H42N6O4. The van der Waals surface area contributed by atoms with Crippen LogP contribution in [-0.2, 0) is 9.47 Å². The van der Waals surface area contributed by atoms with Crippen LogP contribution in [0.5, 0.6) is 0 Å². The average Bonchev–Trinajstić information content (AvgIpc) is 3.80. The van der Waals surface area contributed by atoms with Crippen LogP contribution >= 0.6 is 0 Å². The van der Waals surface area contributed by atoms with Crippen molar-refractivity contribution >= 4 is 35.4 Å². The number of nitrogens with zero attached hydrogens (tertiary/aromatic N) is 4. The van der Waals surface area contributed by atoms with Crippen molar-refractivity contribution in [1.29, 1.82) is 0 Å². The second-order valence-electron chi connectivity index (χ2n) is 13.2. The van der Waals surface area contributed by atoms with E-state index in [1.165, 1.54) is 0 Å². The van der Waals surface area contributed by atoms with Gasteiger partial charge in [0, 0.05) is 13.1 Å². The van der Waals surface area contributed by atoms with E-state index < -0.39 is 5.60 Å². The molecule has 4 heterocycles. The maximum absolute atomic E-state index is 12.7. The molecular weight excluding hydrogens is 568 g/mol. The largest absolute Gasteiger partial charge is 0.447 e. The molecule has 6 rings (SSSR count). The van der Waals surface area contributed by atoms with E-state index in [-0.39, 0.29) is 30.4 Å². The molecule has 236 valence electrons. The van der Waals surface area contributed by atoms with Gasteiger partial charge in [-0.25, -0.2) is 19.6 Å². The van der Waals surface area contributed by atoms with Gasteiger partial charge in [0.25, 0.3) is 0 Å². The van der Waals surface area contributed by atoms with Crippen molar-refractivity contribution in [3.63, 3.8) is 0 Å². The molecule has 0 bridgehead atoms. The molecule has 10 nitrogen and oxygen atoms in total. The molecule has 2 amide bonds. The fraction of sp³-hybridized carbons (Fsp3) is 0.429. The lowest BCUT2D eigenvalue weighted by atomic mass is 10.1. The highest BCUT2D eigenvalue weighted by Crippen LogP contribution is 2.34. The van der Waals surface area contributed by atoms with Crippen molar-refractivity contribution in [3.05, 3.63) is 71.4 Å². The predicted molar refractivity (Wildman–Crippen MR) is 174 cm³/mol. The fourth-order valence-corrected chi connectivity index (χ4v) is 6.06. The van der Waals surface area contributed by atoms with E-state index in [4.69, 9.17) is 14.5 Å². The molecule has 0 aliphatic carbocycles. The minimum atomic E-state index is -0.534. The van der Waals surface area contributed by atoms with E-state index in [2.05, 4.69) is 57.4 Å². The number of fused-ring (bicyclic) bond motifs is 1. The third-order valence-corrected chi connectivity index (χ3v) is 8.15. The molecule has 2 aliphatic rings. The Kier molecular flexibility index (Phi) is 8.40. The van der Waals surface area contributed by atoms with E-state index in [0.29, 0.717) is 13.1 Å². The lowest BCUT2D eigenvalue weighted by Crippen LogP contribution is -2.36. The molecule has 4 aromatic rings. The van der Waals surface area contributed by atoms with Gasteiger partial charge in [-0.15, -0.1) is 0 Å².